The topological polar surface area (TPSA) is 109 Å². The molecule has 0 radical (unpaired) electrons. The molecule has 3 aromatic rings. The Morgan fingerprint density at radius 2 is 1.76 bits per heavy atom. The van der Waals surface area contributed by atoms with Crippen molar-refractivity contribution in [2.75, 3.05) is 20.2 Å². The molecule has 1 aromatic heterocycles. The summed E-state index contributed by atoms with van der Waals surface area (Å²) in [6, 6.07) is 13.6. The molecule has 2 heterocycles. The van der Waals surface area contributed by atoms with Crippen molar-refractivity contribution in [2.45, 2.75) is 32.6 Å². The van der Waals surface area contributed by atoms with Gasteiger partial charge in [-0.2, -0.15) is 0 Å². The average molecular weight is 520 g/mol. The fourth-order valence-corrected chi connectivity index (χ4v) is 4.89. The monoisotopic (exact) mass is 519 g/mol. The van der Waals surface area contributed by atoms with Crippen LogP contribution >= 0.6 is 12.2 Å². The van der Waals surface area contributed by atoms with E-state index < -0.39 is 11.4 Å². The molecule has 1 aliphatic rings. The summed E-state index contributed by atoms with van der Waals surface area (Å²) in [7, 11) is 1.31. The van der Waals surface area contributed by atoms with Crippen LogP contribution in [0.3, 0.4) is 0 Å². The number of H-pyrrole nitrogens is 1. The summed E-state index contributed by atoms with van der Waals surface area (Å²) in [5.74, 6) is -0.171. The number of likely N-dealkylation sites (tertiary alicyclic amines) is 1. The van der Waals surface area contributed by atoms with Crippen LogP contribution < -0.4 is 5.56 Å². The number of thiocarbonyl (C=S) groups is 1. The van der Waals surface area contributed by atoms with Gasteiger partial charge in [0.2, 0.25) is 5.91 Å². The molecule has 9 heteroatoms. The highest BCUT2D eigenvalue weighted by molar-refractivity contribution is 7.79. The van der Waals surface area contributed by atoms with Crippen molar-refractivity contribution in [2.24, 2.45) is 11.3 Å². The van der Waals surface area contributed by atoms with Gasteiger partial charge in [0, 0.05) is 42.8 Å². The Hall–Kier alpha value is -3.72. The van der Waals surface area contributed by atoms with Crippen molar-refractivity contribution < 1.29 is 19.1 Å². The number of esters is 1. The normalized spacial score (nSPS) is 15.7. The molecule has 4 rings (SSSR count). The fourth-order valence-electron chi connectivity index (χ4n) is 4.72. The number of Topliss-reactive ketones (excluding diaryl/α,β-unsaturated/α-hetero) is 1. The van der Waals surface area contributed by atoms with Crippen molar-refractivity contribution >= 4 is 46.1 Å². The molecule has 1 aliphatic heterocycles. The largest absolute Gasteiger partial charge is 0.465 e. The number of hydrogen-bond acceptors (Lipinski definition) is 7. The van der Waals surface area contributed by atoms with E-state index in [4.69, 9.17) is 17.0 Å². The summed E-state index contributed by atoms with van der Waals surface area (Å²) >= 11 is 5.29. The van der Waals surface area contributed by atoms with Crippen LogP contribution in [0.15, 0.2) is 53.3 Å². The molecule has 8 nitrogen and oxygen atoms in total. The predicted molar refractivity (Wildman–Crippen MR) is 144 cm³/mol. The van der Waals surface area contributed by atoms with Gasteiger partial charge in [-0.25, -0.2) is 9.78 Å². The van der Waals surface area contributed by atoms with Gasteiger partial charge in [-0.05, 0) is 42.5 Å². The van der Waals surface area contributed by atoms with E-state index in [1.807, 2.05) is 13.0 Å². The molecule has 37 heavy (non-hydrogen) atoms. The summed E-state index contributed by atoms with van der Waals surface area (Å²) in [5, 5.41) is 2.09. The Kier molecular flexibility index (Phi) is 7.92. The van der Waals surface area contributed by atoms with Crippen LogP contribution in [0.2, 0.25) is 0 Å². The summed E-state index contributed by atoms with van der Waals surface area (Å²) < 4.78 is 4.70. The van der Waals surface area contributed by atoms with E-state index in [0.717, 1.165) is 0 Å². The van der Waals surface area contributed by atoms with E-state index in [0.29, 0.717) is 60.2 Å². The zero-order valence-corrected chi connectivity index (χ0v) is 21.7. The average Bonchev–Trinajstić information content (AvgIpc) is 2.92. The second kappa shape index (κ2) is 11.1. The van der Waals surface area contributed by atoms with E-state index in [-0.39, 0.29) is 29.6 Å². The number of piperidine rings is 1. The number of carbonyl (C=O) groups excluding carboxylic acids is 3. The van der Waals surface area contributed by atoms with Gasteiger partial charge in [-0.15, -0.1) is 0 Å². The first kappa shape index (κ1) is 26.3. The summed E-state index contributed by atoms with van der Waals surface area (Å²) in [5.41, 5.74) is 0.654. The number of ketones is 1. The zero-order valence-electron chi connectivity index (χ0n) is 20.9. The van der Waals surface area contributed by atoms with Gasteiger partial charge < -0.3 is 14.6 Å². The third-order valence-corrected chi connectivity index (χ3v) is 7.45. The lowest BCUT2D eigenvalue weighted by atomic mass is 9.83. The number of para-hydroxylation sites is 1. The molecular formula is C28H29N3O5S. The third-order valence-electron chi connectivity index (χ3n) is 6.88. The van der Waals surface area contributed by atoms with Crippen LogP contribution in [0.1, 0.15) is 52.7 Å². The minimum Gasteiger partial charge on any atom is -0.465 e. The minimum absolute atomic E-state index is 0.0126. The number of methoxy groups -OCH3 is 1. The molecule has 2 aromatic carbocycles. The highest BCUT2D eigenvalue weighted by atomic mass is 32.1. The standard InChI is InChI=1S/C28H29N3O5S/c1-28(17-37,15-23-29-22-6-4-3-5-21(22)26(34)30-23)16-24(32)31-13-11-19(12-14-31)25(33)18-7-9-20(10-8-18)27(35)36-2/h3-10,17,19H,11-16H2,1-2H3,(H,29,30,34). The molecule has 1 amide bonds. The lowest BCUT2D eigenvalue weighted by Crippen LogP contribution is -2.42. The van der Waals surface area contributed by atoms with Crippen molar-refractivity contribution in [3.8, 4) is 0 Å². The summed E-state index contributed by atoms with van der Waals surface area (Å²) in [6.45, 7) is 2.85. The molecule has 0 spiro atoms. The lowest BCUT2D eigenvalue weighted by molar-refractivity contribution is -0.133. The molecule has 0 saturated carbocycles. The molecule has 1 unspecified atom stereocenters. The first-order valence-electron chi connectivity index (χ1n) is 12.2. The van der Waals surface area contributed by atoms with E-state index in [9.17, 15) is 19.2 Å². The molecular weight excluding hydrogens is 490 g/mol. The van der Waals surface area contributed by atoms with Crippen LogP contribution in [0.25, 0.3) is 10.9 Å². The fraction of sp³-hybridized carbons (Fsp3) is 0.357. The number of ether oxygens (including phenoxy) is 1. The number of carbonyl (C=O) groups is 3. The van der Waals surface area contributed by atoms with Crippen LogP contribution in [-0.2, 0) is 16.0 Å². The summed E-state index contributed by atoms with van der Waals surface area (Å²) in [6.07, 6.45) is 1.65. The molecule has 1 saturated heterocycles. The second-order valence-electron chi connectivity index (χ2n) is 9.74. The van der Waals surface area contributed by atoms with Crippen molar-refractivity contribution in [1.29, 1.82) is 0 Å². The Morgan fingerprint density at radius 3 is 2.41 bits per heavy atom. The number of hydrogen-bond donors (Lipinski definition) is 1. The number of fused-ring (bicyclic) bond motifs is 1. The maximum Gasteiger partial charge on any atom is 0.337 e. The van der Waals surface area contributed by atoms with Gasteiger partial charge in [0.1, 0.15) is 5.82 Å². The molecule has 192 valence electrons. The molecule has 1 atom stereocenters. The van der Waals surface area contributed by atoms with Gasteiger partial charge in [0.05, 0.1) is 23.6 Å². The summed E-state index contributed by atoms with van der Waals surface area (Å²) in [4.78, 5) is 59.3. The highest BCUT2D eigenvalue weighted by Gasteiger charge is 2.32. The van der Waals surface area contributed by atoms with Crippen molar-refractivity contribution in [3.63, 3.8) is 0 Å². The first-order chi connectivity index (χ1) is 17.7. The predicted octanol–water partition coefficient (Wildman–Crippen LogP) is 3.77. The maximum absolute atomic E-state index is 13.2. The Balaban J connectivity index is 1.36. The van der Waals surface area contributed by atoms with Gasteiger partial charge in [-0.3, -0.25) is 14.4 Å². The zero-order chi connectivity index (χ0) is 26.6. The SMILES string of the molecule is COC(=O)c1ccc(C(=O)C2CCN(C(=O)CC(C)(C=S)Cc3nc4ccccc4c(=O)[nH]3)CC2)cc1. The second-order valence-corrected chi connectivity index (χ2v) is 9.98. The smallest absolute Gasteiger partial charge is 0.337 e. The van der Waals surface area contributed by atoms with E-state index in [2.05, 4.69) is 9.97 Å². The Labute approximate surface area is 220 Å². The Bertz CT molecular complexity index is 1390. The van der Waals surface area contributed by atoms with Crippen LogP contribution in [0, 0.1) is 11.3 Å². The molecule has 1 fully saturated rings. The lowest BCUT2D eigenvalue weighted by Gasteiger charge is -2.34. The molecule has 0 aliphatic carbocycles. The van der Waals surface area contributed by atoms with Gasteiger partial charge in [-0.1, -0.05) is 43.4 Å². The quantitative estimate of drug-likeness (QED) is 0.274. The third kappa shape index (κ3) is 5.99. The van der Waals surface area contributed by atoms with Crippen LogP contribution in [0.5, 0.6) is 0 Å². The van der Waals surface area contributed by atoms with E-state index in [1.165, 1.54) is 7.11 Å². The minimum atomic E-state index is -0.668. The number of aromatic nitrogens is 2. The number of amides is 1. The molecule has 0 bridgehead atoms. The van der Waals surface area contributed by atoms with Crippen LogP contribution in [0.4, 0.5) is 0 Å². The van der Waals surface area contributed by atoms with Gasteiger partial charge >= 0.3 is 5.97 Å². The van der Waals surface area contributed by atoms with Gasteiger partial charge in [0.15, 0.2) is 5.78 Å². The molecule has 1 N–H and O–H groups in total. The van der Waals surface area contributed by atoms with E-state index >= 15 is 0 Å². The number of rotatable bonds is 8. The highest BCUT2D eigenvalue weighted by Crippen LogP contribution is 2.28. The Morgan fingerprint density at radius 1 is 1.11 bits per heavy atom. The van der Waals surface area contributed by atoms with Crippen molar-refractivity contribution in [1.82, 2.24) is 14.9 Å². The number of aromatic amines is 1. The van der Waals surface area contributed by atoms with Crippen LogP contribution in [-0.4, -0.2) is 58.1 Å². The van der Waals surface area contributed by atoms with E-state index in [1.54, 1.807) is 52.7 Å². The maximum atomic E-state index is 13.2. The number of nitrogens with one attached hydrogen (secondary N) is 1. The first-order valence-corrected chi connectivity index (χ1v) is 12.6. The number of benzene rings is 2. The number of nitrogens with zero attached hydrogens (tertiary/aromatic N) is 2. The van der Waals surface area contributed by atoms with Gasteiger partial charge in [0.25, 0.3) is 5.56 Å². The van der Waals surface area contributed by atoms with Crippen molar-refractivity contribution in [3.05, 3.63) is 75.8 Å².